The molecule has 2 aliphatic rings. The number of nitrogens with two attached hydrogens (primary N) is 1. The van der Waals surface area contributed by atoms with E-state index in [1.165, 1.54) is 0 Å². The fourth-order valence-electron chi connectivity index (χ4n) is 2.45. The normalized spacial score (nSPS) is 20.3. The zero-order valence-corrected chi connectivity index (χ0v) is 11.7. The fraction of sp³-hybridized carbons (Fsp3) is 0.400. The first-order chi connectivity index (χ1) is 10.1. The highest BCUT2D eigenvalue weighted by Gasteiger charge is 2.23. The number of anilines is 1. The Labute approximate surface area is 123 Å². The van der Waals surface area contributed by atoms with Gasteiger partial charge in [-0.05, 0) is 24.5 Å². The summed E-state index contributed by atoms with van der Waals surface area (Å²) in [4.78, 5) is 31.8. The third-order valence-electron chi connectivity index (χ3n) is 3.51. The van der Waals surface area contributed by atoms with Crippen molar-refractivity contribution in [2.75, 3.05) is 11.9 Å². The molecule has 1 aromatic rings. The number of piperidine rings is 1. The molecule has 1 atom stereocenters. The van der Waals surface area contributed by atoms with E-state index >= 15 is 0 Å². The largest absolute Gasteiger partial charge is 0.385 e. The molecule has 1 saturated heterocycles. The lowest BCUT2D eigenvalue weighted by Crippen LogP contribution is -2.33. The topological polar surface area (TPSA) is 101 Å². The maximum Gasteiger partial charge on any atom is 0.226 e. The van der Waals surface area contributed by atoms with Crippen LogP contribution in [0.15, 0.2) is 24.3 Å². The average molecular weight is 289 g/mol. The van der Waals surface area contributed by atoms with Crippen LogP contribution in [0.1, 0.15) is 37.2 Å². The first-order valence-electron chi connectivity index (χ1n) is 7.02. The standard InChI is InChI=1S/C10H12N2O.C5H7NO2/c11-10(13)8-5-6-12-9-4-2-1-3-7(8)9;7-4-2-1-3-5(8)6-4/h1-4,8,12H,5-6H2,(H2,11,13);1-3H2,(H,6,7,8). The Balaban J connectivity index is 0.000000173. The van der Waals surface area contributed by atoms with E-state index in [0.717, 1.165) is 24.2 Å². The van der Waals surface area contributed by atoms with Crippen LogP contribution in [-0.4, -0.2) is 24.3 Å². The number of primary amides is 1. The van der Waals surface area contributed by atoms with Crippen molar-refractivity contribution in [1.29, 1.82) is 0 Å². The van der Waals surface area contributed by atoms with Gasteiger partial charge in [-0.25, -0.2) is 0 Å². The van der Waals surface area contributed by atoms with Gasteiger partial charge in [0.15, 0.2) is 0 Å². The van der Waals surface area contributed by atoms with Gasteiger partial charge in [-0.15, -0.1) is 0 Å². The van der Waals surface area contributed by atoms with Crippen LogP contribution in [0.3, 0.4) is 0 Å². The van der Waals surface area contributed by atoms with E-state index in [-0.39, 0.29) is 23.6 Å². The molecule has 1 fully saturated rings. The number of nitrogens with one attached hydrogen (secondary N) is 2. The number of rotatable bonds is 1. The van der Waals surface area contributed by atoms with Gasteiger partial charge < -0.3 is 11.1 Å². The van der Waals surface area contributed by atoms with E-state index in [2.05, 4.69) is 10.6 Å². The lowest BCUT2D eigenvalue weighted by atomic mass is 9.91. The molecule has 0 bridgehead atoms. The number of benzene rings is 1. The molecule has 0 aliphatic carbocycles. The molecule has 2 aliphatic heterocycles. The Morgan fingerprint density at radius 3 is 2.38 bits per heavy atom. The number of fused-ring (bicyclic) bond motifs is 1. The van der Waals surface area contributed by atoms with Crippen LogP contribution in [0.4, 0.5) is 5.69 Å². The van der Waals surface area contributed by atoms with Gasteiger partial charge in [-0.1, -0.05) is 18.2 Å². The zero-order chi connectivity index (χ0) is 15.2. The fourth-order valence-corrected chi connectivity index (χ4v) is 2.45. The molecule has 21 heavy (non-hydrogen) atoms. The molecule has 0 aromatic heterocycles. The van der Waals surface area contributed by atoms with Gasteiger partial charge in [0.1, 0.15) is 0 Å². The van der Waals surface area contributed by atoms with E-state index in [4.69, 9.17) is 5.73 Å². The molecule has 0 spiro atoms. The summed E-state index contributed by atoms with van der Waals surface area (Å²) in [6.07, 6.45) is 2.52. The van der Waals surface area contributed by atoms with Crippen LogP contribution in [0.2, 0.25) is 0 Å². The molecule has 3 rings (SSSR count). The van der Waals surface area contributed by atoms with Crippen LogP contribution in [-0.2, 0) is 14.4 Å². The maximum absolute atomic E-state index is 11.1. The number of carbonyl (C=O) groups is 3. The molecule has 1 aromatic carbocycles. The Bertz CT molecular complexity index is 543. The molecular weight excluding hydrogens is 270 g/mol. The summed E-state index contributed by atoms with van der Waals surface area (Å²) in [7, 11) is 0. The highest BCUT2D eigenvalue weighted by atomic mass is 16.2. The van der Waals surface area contributed by atoms with E-state index in [1.54, 1.807) is 0 Å². The minimum Gasteiger partial charge on any atom is -0.385 e. The molecule has 1 unspecified atom stereocenters. The predicted octanol–water partition coefficient (Wildman–Crippen LogP) is 0.884. The molecule has 0 radical (unpaired) electrons. The summed E-state index contributed by atoms with van der Waals surface area (Å²) >= 11 is 0. The Morgan fingerprint density at radius 2 is 1.81 bits per heavy atom. The van der Waals surface area contributed by atoms with Crippen LogP contribution >= 0.6 is 0 Å². The van der Waals surface area contributed by atoms with Gasteiger partial charge >= 0.3 is 0 Å². The third kappa shape index (κ3) is 4.05. The molecule has 6 heteroatoms. The second-order valence-corrected chi connectivity index (χ2v) is 5.08. The summed E-state index contributed by atoms with van der Waals surface area (Å²) in [5.41, 5.74) is 7.38. The van der Waals surface area contributed by atoms with Crippen LogP contribution in [0, 0.1) is 0 Å². The van der Waals surface area contributed by atoms with Gasteiger partial charge in [0, 0.05) is 25.1 Å². The van der Waals surface area contributed by atoms with Crippen LogP contribution in [0.25, 0.3) is 0 Å². The van der Waals surface area contributed by atoms with Crippen molar-refractivity contribution in [2.45, 2.75) is 31.6 Å². The molecule has 4 N–H and O–H groups in total. The van der Waals surface area contributed by atoms with Crippen molar-refractivity contribution in [3.05, 3.63) is 29.8 Å². The van der Waals surface area contributed by atoms with Crippen LogP contribution in [0.5, 0.6) is 0 Å². The van der Waals surface area contributed by atoms with E-state index in [0.29, 0.717) is 19.3 Å². The number of hydrogen-bond donors (Lipinski definition) is 3. The summed E-state index contributed by atoms with van der Waals surface area (Å²) < 4.78 is 0. The summed E-state index contributed by atoms with van der Waals surface area (Å²) in [6.45, 7) is 0.824. The maximum atomic E-state index is 11.1. The Morgan fingerprint density at radius 1 is 1.14 bits per heavy atom. The molecule has 0 saturated carbocycles. The monoisotopic (exact) mass is 289 g/mol. The summed E-state index contributed by atoms with van der Waals surface area (Å²) in [5.74, 6) is -0.617. The van der Waals surface area contributed by atoms with Crippen molar-refractivity contribution in [1.82, 2.24) is 5.32 Å². The van der Waals surface area contributed by atoms with Crippen molar-refractivity contribution < 1.29 is 14.4 Å². The lowest BCUT2D eigenvalue weighted by molar-refractivity contribution is -0.133. The second kappa shape index (κ2) is 6.88. The number of amides is 3. The van der Waals surface area contributed by atoms with Gasteiger partial charge in [0.05, 0.1) is 5.92 Å². The number of carbonyl (C=O) groups excluding carboxylic acids is 3. The Hall–Kier alpha value is -2.37. The number of para-hydroxylation sites is 1. The van der Waals surface area contributed by atoms with Crippen LogP contribution < -0.4 is 16.4 Å². The molecule has 2 heterocycles. The van der Waals surface area contributed by atoms with E-state index in [9.17, 15) is 14.4 Å². The summed E-state index contributed by atoms with van der Waals surface area (Å²) in [6, 6.07) is 7.82. The highest BCUT2D eigenvalue weighted by Crippen LogP contribution is 2.30. The number of hydrogen-bond acceptors (Lipinski definition) is 4. The smallest absolute Gasteiger partial charge is 0.226 e. The number of imide groups is 1. The predicted molar refractivity (Wildman–Crippen MR) is 78.5 cm³/mol. The SMILES string of the molecule is NC(=O)C1CCNc2ccccc21.O=C1CCCC(=O)N1. The third-order valence-corrected chi connectivity index (χ3v) is 3.51. The highest BCUT2D eigenvalue weighted by molar-refractivity contribution is 5.97. The van der Waals surface area contributed by atoms with E-state index in [1.807, 2.05) is 24.3 Å². The van der Waals surface area contributed by atoms with Crippen molar-refractivity contribution >= 4 is 23.4 Å². The minimum absolute atomic E-state index is 0.113. The van der Waals surface area contributed by atoms with Gasteiger partial charge in [0.25, 0.3) is 0 Å². The quantitative estimate of drug-likeness (QED) is 0.668. The van der Waals surface area contributed by atoms with Gasteiger partial charge in [0.2, 0.25) is 17.7 Å². The first-order valence-corrected chi connectivity index (χ1v) is 7.02. The van der Waals surface area contributed by atoms with Crippen molar-refractivity contribution in [2.24, 2.45) is 5.73 Å². The molecule has 3 amide bonds. The molecular formula is C15H19N3O3. The lowest BCUT2D eigenvalue weighted by Gasteiger charge is -2.24. The van der Waals surface area contributed by atoms with Gasteiger partial charge in [-0.3, -0.25) is 19.7 Å². The van der Waals surface area contributed by atoms with Gasteiger partial charge in [-0.2, -0.15) is 0 Å². The molecule has 6 nitrogen and oxygen atoms in total. The zero-order valence-electron chi connectivity index (χ0n) is 11.7. The summed E-state index contributed by atoms with van der Waals surface area (Å²) in [5, 5.41) is 5.44. The first kappa shape index (κ1) is 15.0. The second-order valence-electron chi connectivity index (χ2n) is 5.08. The minimum atomic E-state index is -0.228. The Kier molecular flexibility index (Phi) is 4.92. The van der Waals surface area contributed by atoms with Crippen molar-refractivity contribution in [3.63, 3.8) is 0 Å². The molecule has 112 valence electrons. The average Bonchev–Trinajstić information content (AvgIpc) is 2.47. The van der Waals surface area contributed by atoms with Crippen molar-refractivity contribution in [3.8, 4) is 0 Å². The van der Waals surface area contributed by atoms with E-state index < -0.39 is 0 Å².